The maximum atomic E-state index is 12.4. The Morgan fingerprint density at radius 1 is 1.33 bits per heavy atom. The van der Waals surface area contributed by atoms with Gasteiger partial charge in [-0.1, -0.05) is 15.9 Å². The minimum atomic E-state index is 0.138. The lowest BCUT2D eigenvalue weighted by molar-refractivity contribution is 0.0572. The fourth-order valence-electron chi connectivity index (χ4n) is 2.28. The molecular weight excluding hydrogens is 292 g/mol. The second kappa shape index (κ2) is 5.41. The van der Waals surface area contributed by atoms with E-state index in [9.17, 15) is 4.79 Å². The van der Waals surface area contributed by atoms with Crippen molar-refractivity contribution < 1.29 is 4.79 Å². The van der Waals surface area contributed by atoms with E-state index in [-0.39, 0.29) is 5.91 Å². The molecule has 0 aliphatic carbocycles. The molecule has 1 heterocycles. The first-order chi connectivity index (χ1) is 8.47. The number of halogens is 1. The van der Waals surface area contributed by atoms with Crippen LogP contribution in [0.3, 0.4) is 0 Å². The summed E-state index contributed by atoms with van der Waals surface area (Å²) in [6.07, 6.45) is 0. The van der Waals surface area contributed by atoms with E-state index in [0.29, 0.717) is 6.04 Å². The Hall–Kier alpha value is -0.870. The highest BCUT2D eigenvalue weighted by Gasteiger charge is 2.25. The first-order valence-electron chi connectivity index (χ1n) is 6.24. The number of carbonyl (C=O) groups is 1. The van der Waals surface area contributed by atoms with Gasteiger partial charge in [0.15, 0.2) is 0 Å². The van der Waals surface area contributed by atoms with Gasteiger partial charge in [-0.3, -0.25) is 4.79 Å². The number of hydrogen-bond donors (Lipinski definition) is 0. The zero-order chi connectivity index (χ0) is 13.3. The molecule has 1 saturated heterocycles. The Bertz CT molecular complexity index is 441. The van der Waals surface area contributed by atoms with Crippen molar-refractivity contribution in [3.8, 4) is 0 Å². The Balaban J connectivity index is 2.16. The number of amides is 1. The minimum Gasteiger partial charge on any atom is -0.336 e. The van der Waals surface area contributed by atoms with E-state index in [2.05, 4.69) is 34.8 Å². The summed E-state index contributed by atoms with van der Waals surface area (Å²) < 4.78 is 0.966. The quantitative estimate of drug-likeness (QED) is 0.796. The predicted octanol–water partition coefficient (Wildman–Crippen LogP) is 2.53. The number of hydrogen-bond acceptors (Lipinski definition) is 2. The Labute approximate surface area is 117 Å². The van der Waals surface area contributed by atoms with Gasteiger partial charge in [0.25, 0.3) is 5.91 Å². The second-order valence-electron chi connectivity index (χ2n) is 5.10. The van der Waals surface area contributed by atoms with Crippen molar-refractivity contribution in [2.45, 2.75) is 19.9 Å². The fraction of sp³-hybridized carbons (Fsp3) is 0.500. The molecule has 3 nitrogen and oxygen atoms in total. The Morgan fingerprint density at radius 3 is 2.67 bits per heavy atom. The Kier molecular flexibility index (Phi) is 4.07. The molecular formula is C14H19BrN2O. The number of piperazine rings is 1. The molecule has 1 aliphatic heterocycles. The molecule has 1 atom stereocenters. The molecule has 1 aliphatic rings. The first kappa shape index (κ1) is 13.6. The summed E-state index contributed by atoms with van der Waals surface area (Å²) in [5, 5.41) is 0. The van der Waals surface area contributed by atoms with Crippen LogP contribution < -0.4 is 0 Å². The van der Waals surface area contributed by atoms with Crippen LogP contribution in [-0.4, -0.2) is 48.4 Å². The summed E-state index contributed by atoms with van der Waals surface area (Å²) in [4.78, 5) is 16.7. The molecule has 2 rings (SSSR count). The SMILES string of the molecule is Cc1cc(Br)cc(C(=O)N2CCN(C)C(C)C2)c1. The summed E-state index contributed by atoms with van der Waals surface area (Å²) in [6.45, 7) is 6.73. The molecule has 0 N–H and O–H groups in total. The number of nitrogens with zero attached hydrogens (tertiary/aromatic N) is 2. The molecule has 18 heavy (non-hydrogen) atoms. The zero-order valence-corrected chi connectivity index (χ0v) is 12.7. The van der Waals surface area contributed by atoms with Crippen LogP contribution in [-0.2, 0) is 0 Å². The van der Waals surface area contributed by atoms with E-state index in [0.717, 1.165) is 35.2 Å². The van der Waals surface area contributed by atoms with E-state index < -0.39 is 0 Å². The summed E-state index contributed by atoms with van der Waals surface area (Å²) in [5.74, 6) is 0.138. The van der Waals surface area contributed by atoms with Gasteiger partial charge in [-0.25, -0.2) is 0 Å². The smallest absolute Gasteiger partial charge is 0.253 e. The van der Waals surface area contributed by atoms with Crippen LogP contribution in [0.4, 0.5) is 0 Å². The molecule has 0 saturated carbocycles. The maximum absolute atomic E-state index is 12.4. The standard InChI is InChI=1S/C14H19BrN2O/c1-10-6-12(8-13(15)7-10)14(18)17-5-4-16(3)11(2)9-17/h6-8,11H,4-5,9H2,1-3H3. The van der Waals surface area contributed by atoms with Gasteiger partial charge in [0, 0.05) is 35.7 Å². The van der Waals surface area contributed by atoms with Crippen molar-refractivity contribution in [3.05, 3.63) is 33.8 Å². The lowest BCUT2D eigenvalue weighted by atomic mass is 10.1. The molecule has 1 aromatic carbocycles. The minimum absolute atomic E-state index is 0.138. The van der Waals surface area contributed by atoms with Crippen molar-refractivity contribution in [3.63, 3.8) is 0 Å². The van der Waals surface area contributed by atoms with Crippen LogP contribution in [0.15, 0.2) is 22.7 Å². The van der Waals surface area contributed by atoms with Gasteiger partial charge in [0.2, 0.25) is 0 Å². The van der Waals surface area contributed by atoms with Crippen LogP contribution in [0.2, 0.25) is 0 Å². The molecule has 1 aromatic rings. The molecule has 0 spiro atoms. The van der Waals surface area contributed by atoms with Gasteiger partial charge in [0.05, 0.1) is 0 Å². The maximum Gasteiger partial charge on any atom is 0.253 e. The van der Waals surface area contributed by atoms with Crippen molar-refractivity contribution in [1.82, 2.24) is 9.80 Å². The van der Waals surface area contributed by atoms with Crippen molar-refractivity contribution >= 4 is 21.8 Å². The zero-order valence-electron chi connectivity index (χ0n) is 11.1. The van der Waals surface area contributed by atoms with Gasteiger partial charge in [-0.15, -0.1) is 0 Å². The summed E-state index contributed by atoms with van der Waals surface area (Å²) in [7, 11) is 2.11. The summed E-state index contributed by atoms with van der Waals surface area (Å²) in [6, 6.07) is 6.30. The number of benzene rings is 1. The van der Waals surface area contributed by atoms with Crippen molar-refractivity contribution in [2.24, 2.45) is 0 Å². The molecule has 1 amide bonds. The molecule has 4 heteroatoms. The average molecular weight is 311 g/mol. The van der Waals surface area contributed by atoms with Gasteiger partial charge in [-0.05, 0) is 44.7 Å². The molecule has 0 aromatic heterocycles. The predicted molar refractivity (Wildman–Crippen MR) is 76.9 cm³/mol. The molecule has 1 unspecified atom stereocenters. The average Bonchev–Trinajstić information content (AvgIpc) is 2.30. The normalized spacial score (nSPS) is 21.1. The van der Waals surface area contributed by atoms with Crippen LogP contribution in [0.1, 0.15) is 22.8 Å². The van der Waals surface area contributed by atoms with Crippen LogP contribution in [0, 0.1) is 6.92 Å². The summed E-state index contributed by atoms with van der Waals surface area (Å²) >= 11 is 3.45. The van der Waals surface area contributed by atoms with Crippen molar-refractivity contribution in [2.75, 3.05) is 26.7 Å². The van der Waals surface area contributed by atoms with Gasteiger partial charge in [-0.2, -0.15) is 0 Å². The fourth-order valence-corrected chi connectivity index (χ4v) is 2.88. The number of carbonyl (C=O) groups excluding carboxylic acids is 1. The number of aryl methyl sites for hydroxylation is 1. The van der Waals surface area contributed by atoms with Gasteiger partial charge in [0.1, 0.15) is 0 Å². The highest BCUT2D eigenvalue weighted by atomic mass is 79.9. The first-order valence-corrected chi connectivity index (χ1v) is 7.03. The largest absolute Gasteiger partial charge is 0.336 e. The summed E-state index contributed by atoms with van der Waals surface area (Å²) in [5.41, 5.74) is 1.88. The highest BCUT2D eigenvalue weighted by Crippen LogP contribution is 2.18. The number of rotatable bonds is 1. The topological polar surface area (TPSA) is 23.6 Å². The van der Waals surface area contributed by atoms with Gasteiger partial charge < -0.3 is 9.80 Å². The molecule has 0 radical (unpaired) electrons. The number of likely N-dealkylation sites (N-methyl/N-ethyl adjacent to an activating group) is 1. The van der Waals surface area contributed by atoms with E-state index in [4.69, 9.17) is 0 Å². The third-order valence-electron chi connectivity index (χ3n) is 3.54. The van der Waals surface area contributed by atoms with Crippen molar-refractivity contribution in [1.29, 1.82) is 0 Å². The van der Waals surface area contributed by atoms with Gasteiger partial charge >= 0.3 is 0 Å². The molecule has 1 fully saturated rings. The van der Waals surface area contributed by atoms with Crippen LogP contribution in [0.25, 0.3) is 0 Å². The highest BCUT2D eigenvalue weighted by molar-refractivity contribution is 9.10. The van der Waals surface area contributed by atoms with E-state index >= 15 is 0 Å². The van der Waals surface area contributed by atoms with Crippen LogP contribution in [0.5, 0.6) is 0 Å². The molecule has 0 bridgehead atoms. The van der Waals surface area contributed by atoms with Crippen LogP contribution >= 0.6 is 15.9 Å². The monoisotopic (exact) mass is 310 g/mol. The van der Waals surface area contributed by atoms with E-state index in [1.165, 1.54) is 0 Å². The van der Waals surface area contributed by atoms with E-state index in [1.54, 1.807) is 0 Å². The lowest BCUT2D eigenvalue weighted by Gasteiger charge is -2.37. The molecule has 98 valence electrons. The second-order valence-corrected chi connectivity index (χ2v) is 6.01. The third-order valence-corrected chi connectivity index (χ3v) is 3.99. The lowest BCUT2D eigenvalue weighted by Crippen LogP contribution is -2.52. The third kappa shape index (κ3) is 2.93. The van der Waals surface area contributed by atoms with E-state index in [1.807, 2.05) is 30.0 Å². The Morgan fingerprint density at radius 2 is 2.06 bits per heavy atom.